The van der Waals surface area contributed by atoms with Crippen molar-refractivity contribution in [3.05, 3.63) is 0 Å². The van der Waals surface area contributed by atoms with Gasteiger partial charge in [0.15, 0.2) is 0 Å². The third-order valence-electron chi connectivity index (χ3n) is 2.96. The van der Waals surface area contributed by atoms with Crippen LogP contribution in [0.3, 0.4) is 0 Å². The molecule has 0 saturated heterocycles. The summed E-state index contributed by atoms with van der Waals surface area (Å²) in [4.78, 5) is 0. The highest BCUT2D eigenvalue weighted by atomic mass is 14.0. The highest BCUT2D eigenvalue weighted by molar-refractivity contribution is 4.47. The van der Waals surface area contributed by atoms with Gasteiger partial charge in [0.05, 0.1) is 0 Å². The molecule has 0 aliphatic heterocycles. The van der Waals surface area contributed by atoms with Crippen molar-refractivity contribution in [2.45, 2.75) is 111 Å². The third kappa shape index (κ3) is 25.9. The zero-order valence-electron chi connectivity index (χ0n) is 13.2. The van der Waals surface area contributed by atoms with Gasteiger partial charge in [0, 0.05) is 0 Å². The van der Waals surface area contributed by atoms with E-state index in [1.54, 1.807) is 0 Å². The first-order valence-corrected chi connectivity index (χ1v) is 8.33. The van der Waals surface area contributed by atoms with Gasteiger partial charge in [-0.05, 0) is 0 Å². The quantitative estimate of drug-likeness (QED) is 0.338. The molecule has 17 heavy (non-hydrogen) atoms. The van der Waals surface area contributed by atoms with Gasteiger partial charge in [-0.3, -0.25) is 0 Å². The van der Waals surface area contributed by atoms with Crippen LogP contribution in [0.25, 0.3) is 0 Å². The van der Waals surface area contributed by atoms with Crippen molar-refractivity contribution in [1.82, 2.24) is 0 Å². The Hall–Kier alpha value is 0. The maximum absolute atomic E-state index is 2.29. The van der Waals surface area contributed by atoms with Crippen LogP contribution in [0.2, 0.25) is 0 Å². The van der Waals surface area contributed by atoms with Crippen LogP contribution in [0.4, 0.5) is 0 Å². The highest BCUT2D eigenvalue weighted by Gasteiger charge is 1.91. The highest BCUT2D eigenvalue weighted by Crippen LogP contribution is 2.11. The molecule has 0 unspecified atom stereocenters. The van der Waals surface area contributed by atoms with Crippen LogP contribution in [0.5, 0.6) is 0 Å². The van der Waals surface area contributed by atoms with Gasteiger partial charge in [-0.15, -0.1) is 0 Å². The predicted octanol–water partition coefficient (Wildman–Crippen LogP) is 7.12. The Morgan fingerprint density at radius 2 is 0.529 bits per heavy atom. The second kappa shape index (κ2) is 21.3. The van der Waals surface area contributed by atoms with Crippen molar-refractivity contribution >= 4 is 0 Å². The summed E-state index contributed by atoms with van der Waals surface area (Å²) in [5.74, 6) is 0. The van der Waals surface area contributed by atoms with Crippen LogP contribution in [0.15, 0.2) is 0 Å². The van der Waals surface area contributed by atoms with Crippen molar-refractivity contribution in [2.75, 3.05) is 0 Å². The Morgan fingerprint density at radius 1 is 0.353 bits per heavy atom. The van der Waals surface area contributed by atoms with Crippen LogP contribution >= 0.6 is 0 Å². The Labute approximate surface area is 112 Å². The Bertz CT molecular complexity index is 84.2. The Morgan fingerprint density at radius 3 is 0.706 bits per heavy atom. The van der Waals surface area contributed by atoms with E-state index in [0.717, 1.165) is 0 Å². The molecule has 0 atom stereocenters. The molecular formula is C17H38. The minimum absolute atomic E-state index is 1.25. The lowest BCUT2D eigenvalue weighted by molar-refractivity contribution is 0.548. The summed E-state index contributed by atoms with van der Waals surface area (Å²) in [6.45, 7) is 8.82. The lowest BCUT2D eigenvalue weighted by atomic mass is 10.1. The van der Waals surface area contributed by atoms with Gasteiger partial charge >= 0.3 is 0 Å². The molecular weight excluding hydrogens is 204 g/mol. The number of hydrogen-bond acceptors (Lipinski definition) is 0. The molecule has 0 aliphatic carbocycles. The topological polar surface area (TPSA) is 0 Å². The maximum atomic E-state index is 2.29. The number of rotatable bonds is 11. The van der Waals surface area contributed by atoms with E-state index in [4.69, 9.17) is 0 Å². The van der Waals surface area contributed by atoms with Gasteiger partial charge in [-0.25, -0.2) is 0 Å². The van der Waals surface area contributed by atoms with E-state index in [2.05, 4.69) is 27.7 Å². The smallest absolute Gasteiger partial charge is 0.0533 e. The predicted molar refractivity (Wildman–Crippen MR) is 82.7 cm³/mol. The molecule has 0 spiro atoms. The summed E-state index contributed by atoms with van der Waals surface area (Å²) >= 11 is 0. The van der Waals surface area contributed by atoms with E-state index < -0.39 is 0 Å². The second-order valence-electron chi connectivity index (χ2n) is 5.24. The summed E-state index contributed by atoms with van der Waals surface area (Å²) in [6.07, 6.45) is 18.7. The summed E-state index contributed by atoms with van der Waals surface area (Å²) in [5, 5.41) is 0. The van der Waals surface area contributed by atoms with E-state index in [-0.39, 0.29) is 0 Å². The monoisotopic (exact) mass is 242 g/mol. The minimum atomic E-state index is 1.25. The molecule has 0 heterocycles. The molecule has 0 fully saturated rings. The zero-order chi connectivity index (χ0) is 13.2. The lowest BCUT2D eigenvalue weighted by Gasteiger charge is -2.01. The molecule has 0 N–H and O–H groups in total. The molecule has 0 aromatic carbocycles. The van der Waals surface area contributed by atoms with E-state index in [1.165, 1.54) is 83.5 Å². The first-order valence-electron chi connectivity index (χ1n) is 8.33. The summed E-state index contributed by atoms with van der Waals surface area (Å²) in [7, 11) is 0. The van der Waals surface area contributed by atoms with Gasteiger partial charge < -0.3 is 0 Å². The van der Waals surface area contributed by atoms with E-state index in [0.29, 0.717) is 0 Å². The largest absolute Gasteiger partial charge is 0.0656 e. The van der Waals surface area contributed by atoms with Crippen molar-refractivity contribution in [1.29, 1.82) is 0 Å². The van der Waals surface area contributed by atoms with Gasteiger partial charge in [-0.1, -0.05) is 111 Å². The first kappa shape index (κ1) is 19.3. The van der Waals surface area contributed by atoms with Crippen LogP contribution in [0.1, 0.15) is 111 Å². The normalized spacial score (nSPS) is 9.88. The number of unbranched alkanes of at least 4 members (excludes halogenated alkanes) is 11. The zero-order valence-corrected chi connectivity index (χ0v) is 13.2. The molecule has 0 heteroatoms. The van der Waals surface area contributed by atoms with E-state index >= 15 is 0 Å². The van der Waals surface area contributed by atoms with Crippen LogP contribution in [-0.2, 0) is 0 Å². The standard InChI is InChI=1S/C14H30.C3H8/c1-3-5-7-9-11-13-14-12-10-8-6-4-2;1-3-2/h3-14H2,1-2H3;3H2,1-2H3. The average molecular weight is 242 g/mol. The van der Waals surface area contributed by atoms with E-state index in [1.807, 2.05) is 0 Å². The fourth-order valence-electron chi connectivity index (χ4n) is 1.91. The van der Waals surface area contributed by atoms with Gasteiger partial charge in [-0.2, -0.15) is 0 Å². The molecule has 0 bridgehead atoms. The Balaban J connectivity index is 0. The fourth-order valence-corrected chi connectivity index (χ4v) is 1.91. The molecule has 0 aromatic heterocycles. The molecule has 0 nitrogen and oxygen atoms in total. The molecule has 0 aromatic rings. The van der Waals surface area contributed by atoms with Crippen molar-refractivity contribution < 1.29 is 0 Å². The first-order chi connectivity index (χ1) is 8.33. The van der Waals surface area contributed by atoms with Crippen LogP contribution < -0.4 is 0 Å². The maximum Gasteiger partial charge on any atom is -0.0533 e. The molecule has 106 valence electrons. The minimum Gasteiger partial charge on any atom is -0.0656 e. The summed E-state index contributed by atoms with van der Waals surface area (Å²) in [6, 6.07) is 0. The second-order valence-corrected chi connectivity index (χ2v) is 5.24. The van der Waals surface area contributed by atoms with Gasteiger partial charge in [0.2, 0.25) is 0 Å². The fraction of sp³-hybridized carbons (Fsp3) is 1.00. The molecule has 0 amide bonds. The van der Waals surface area contributed by atoms with Crippen molar-refractivity contribution in [3.8, 4) is 0 Å². The van der Waals surface area contributed by atoms with Gasteiger partial charge in [0.1, 0.15) is 0 Å². The third-order valence-corrected chi connectivity index (χ3v) is 2.96. The number of hydrogen-bond donors (Lipinski definition) is 0. The van der Waals surface area contributed by atoms with Crippen molar-refractivity contribution in [2.24, 2.45) is 0 Å². The van der Waals surface area contributed by atoms with Gasteiger partial charge in [0.25, 0.3) is 0 Å². The molecule has 0 radical (unpaired) electrons. The lowest BCUT2D eigenvalue weighted by Crippen LogP contribution is -1.81. The molecule has 0 rings (SSSR count). The summed E-state index contributed by atoms with van der Waals surface area (Å²) < 4.78 is 0. The summed E-state index contributed by atoms with van der Waals surface area (Å²) in [5.41, 5.74) is 0. The van der Waals surface area contributed by atoms with E-state index in [9.17, 15) is 0 Å². The Kier molecular flexibility index (Phi) is 24.2. The SMILES string of the molecule is CCC.CCCCCCCCCCCCCC. The van der Waals surface area contributed by atoms with Crippen LogP contribution in [0, 0.1) is 0 Å². The van der Waals surface area contributed by atoms with Crippen molar-refractivity contribution in [3.63, 3.8) is 0 Å². The molecule has 0 saturated carbocycles. The van der Waals surface area contributed by atoms with Crippen LogP contribution in [-0.4, -0.2) is 0 Å². The average Bonchev–Trinajstić information content (AvgIpc) is 2.33. The molecule has 0 aliphatic rings.